The Hall–Kier alpha value is -1.63. The van der Waals surface area contributed by atoms with Gasteiger partial charge in [-0.15, -0.1) is 0 Å². The van der Waals surface area contributed by atoms with Gasteiger partial charge < -0.3 is 20.5 Å². The summed E-state index contributed by atoms with van der Waals surface area (Å²) in [4.78, 5) is 12.9. The number of aliphatic hydroxyl groups is 1. The summed E-state index contributed by atoms with van der Waals surface area (Å²) in [5, 5.41) is 16.0. The lowest BCUT2D eigenvalue weighted by Crippen LogP contribution is -2.29. The number of nitrogens with zero attached hydrogens (tertiary/aromatic N) is 3. The Morgan fingerprint density at radius 3 is 2.48 bits per heavy atom. The van der Waals surface area contributed by atoms with E-state index in [1.165, 1.54) is 0 Å². The molecule has 7 nitrogen and oxygen atoms in total. The van der Waals surface area contributed by atoms with Crippen LogP contribution in [0, 0.1) is 0 Å². The van der Waals surface area contributed by atoms with E-state index in [1.807, 2.05) is 6.92 Å². The molecule has 7 heteroatoms. The Morgan fingerprint density at radius 1 is 1.10 bits per heavy atom. The predicted molar refractivity (Wildman–Crippen MR) is 81.7 cm³/mol. The maximum atomic E-state index is 9.55. The summed E-state index contributed by atoms with van der Waals surface area (Å²) in [7, 11) is 0. The molecule has 0 radical (unpaired) electrons. The van der Waals surface area contributed by atoms with E-state index in [-0.39, 0.29) is 6.10 Å². The van der Waals surface area contributed by atoms with Gasteiger partial charge in [0.2, 0.25) is 11.9 Å². The second-order valence-electron chi connectivity index (χ2n) is 5.27. The second-order valence-corrected chi connectivity index (χ2v) is 5.27. The van der Waals surface area contributed by atoms with Crippen molar-refractivity contribution in [2.75, 3.05) is 23.8 Å². The van der Waals surface area contributed by atoms with Gasteiger partial charge in [-0.1, -0.05) is 6.92 Å². The average Bonchev–Trinajstić information content (AvgIpc) is 2.48. The number of rotatable bonds is 7. The van der Waals surface area contributed by atoms with Crippen LogP contribution >= 0.6 is 0 Å². The summed E-state index contributed by atoms with van der Waals surface area (Å²) in [6.07, 6.45) is 4.33. The van der Waals surface area contributed by atoms with Crippen LogP contribution in [-0.4, -0.2) is 45.4 Å². The van der Waals surface area contributed by atoms with Gasteiger partial charge in [-0.05, 0) is 39.0 Å². The van der Waals surface area contributed by atoms with E-state index in [4.69, 9.17) is 4.74 Å². The van der Waals surface area contributed by atoms with E-state index in [9.17, 15) is 5.11 Å². The molecule has 21 heavy (non-hydrogen) atoms. The van der Waals surface area contributed by atoms with Gasteiger partial charge >= 0.3 is 6.01 Å². The van der Waals surface area contributed by atoms with Gasteiger partial charge in [0.05, 0.1) is 12.7 Å². The van der Waals surface area contributed by atoms with Gasteiger partial charge in [0.15, 0.2) is 0 Å². The van der Waals surface area contributed by atoms with Crippen LogP contribution in [0.3, 0.4) is 0 Å². The molecular formula is C14H25N5O2. The number of aromatic nitrogens is 3. The van der Waals surface area contributed by atoms with Crippen LogP contribution < -0.4 is 15.4 Å². The van der Waals surface area contributed by atoms with Crippen molar-refractivity contribution >= 4 is 11.9 Å². The van der Waals surface area contributed by atoms with Gasteiger partial charge in [-0.3, -0.25) is 0 Å². The SMILES string of the molecule is CCCNc1nc(NC2CCC(O)CC2)nc(OCC)n1. The molecule has 1 aliphatic carbocycles. The molecule has 0 spiro atoms. The first kappa shape index (κ1) is 15.8. The summed E-state index contributed by atoms with van der Waals surface area (Å²) in [5.41, 5.74) is 0. The molecule has 0 unspecified atom stereocenters. The van der Waals surface area contributed by atoms with Crippen LogP contribution in [0.25, 0.3) is 0 Å². The Kier molecular flexibility index (Phi) is 5.98. The molecule has 0 atom stereocenters. The molecule has 1 aromatic heterocycles. The standard InChI is InChI=1S/C14H25N5O2/c1-3-9-15-12-17-13(19-14(18-12)21-4-2)16-10-5-7-11(20)8-6-10/h10-11,20H,3-9H2,1-2H3,(H2,15,16,17,18,19). The molecule has 0 aliphatic heterocycles. The molecule has 3 N–H and O–H groups in total. The van der Waals surface area contributed by atoms with Crippen molar-refractivity contribution < 1.29 is 9.84 Å². The van der Waals surface area contributed by atoms with E-state index in [2.05, 4.69) is 32.5 Å². The van der Waals surface area contributed by atoms with Crippen LogP contribution in [0.15, 0.2) is 0 Å². The van der Waals surface area contributed by atoms with Crippen molar-refractivity contribution in [3.8, 4) is 6.01 Å². The number of ether oxygens (including phenoxy) is 1. The lowest BCUT2D eigenvalue weighted by molar-refractivity contribution is 0.126. The smallest absolute Gasteiger partial charge is 0.323 e. The molecule has 1 fully saturated rings. The molecule has 0 amide bonds. The summed E-state index contributed by atoms with van der Waals surface area (Å²) in [6.45, 7) is 5.32. The Labute approximate surface area is 125 Å². The molecule has 1 aromatic rings. The zero-order valence-electron chi connectivity index (χ0n) is 12.8. The zero-order valence-corrected chi connectivity index (χ0v) is 12.8. The minimum Gasteiger partial charge on any atom is -0.464 e. The molecule has 0 bridgehead atoms. The second kappa shape index (κ2) is 7.97. The highest BCUT2D eigenvalue weighted by Crippen LogP contribution is 2.21. The Morgan fingerprint density at radius 2 is 1.81 bits per heavy atom. The number of aliphatic hydroxyl groups excluding tert-OH is 1. The van der Waals surface area contributed by atoms with Gasteiger partial charge in [0.25, 0.3) is 0 Å². The molecule has 1 heterocycles. The van der Waals surface area contributed by atoms with Gasteiger partial charge in [-0.25, -0.2) is 0 Å². The fourth-order valence-corrected chi connectivity index (χ4v) is 2.33. The van der Waals surface area contributed by atoms with Crippen molar-refractivity contribution in [1.82, 2.24) is 15.0 Å². The third kappa shape index (κ3) is 5.00. The van der Waals surface area contributed by atoms with Crippen LogP contribution in [0.4, 0.5) is 11.9 Å². The van der Waals surface area contributed by atoms with Crippen molar-refractivity contribution in [1.29, 1.82) is 0 Å². The van der Waals surface area contributed by atoms with Crippen molar-refractivity contribution in [2.45, 2.75) is 58.1 Å². The summed E-state index contributed by atoms with van der Waals surface area (Å²) in [6, 6.07) is 0.633. The van der Waals surface area contributed by atoms with Crippen molar-refractivity contribution in [2.24, 2.45) is 0 Å². The van der Waals surface area contributed by atoms with E-state index in [0.717, 1.165) is 38.6 Å². The fourth-order valence-electron chi connectivity index (χ4n) is 2.33. The van der Waals surface area contributed by atoms with E-state index in [0.29, 0.717) is 30.6 Å². The molecule has 1 aliphatic rings. The highest BCUT2D eigenvalue weighted by atomic mass is 16.5. The first-order valence-corrected chi connectivity index (χ1v) is 7.78. The van der Waals surface area contributed by atoms with E-state index >= 15 is 0 Å². The first-order valence-electron chi connectivity index (χ1n) is 7.78. The monoisotopic (exact) mass is 295 g/mol. The van der Waals surface area contributed by atoms with Crippen LogP contribution in [-0.2, 0) is 0 Å². The minimum absolute atomic E-state index is 0.165. The largest absolute Gasteiger partial charge is 0.464 e. The lowest BCUT2D eigenvalue weighted by Gasteiger charge is -2.26. The molecule has 0 aromatic carbocycles. The normalized spacial score (nSPS) is 21.9. The maximum absolute atomic E-state index is 9.55. The van der Waals surface area contributed by atoms with E-state index in [1.54, 1.807) is 0 Å². The summed E-state index contributed by atoms with van der Waals surface area (Å²) < 4.78 is 5.39. The van der Waals surface area contributed by atoms with Crippen molar-refractivity contribution in [3.05, 3.63) is 0 Å². The molecule has 1 saturated carbocycles. The van der Waals surface area contributed by atoms with Gasteiger partial charge in [-0.2, -0.15) is 15.0 Å². The van der Waals surface area contributed by atoms with E-state index < -0.39 is 0 Å². The van der Waals surface area contributed by atoms with Crippen LogP contribution in [0.1, 0.15) is 46.0 Å². The van der Waals surface area contributed by atoms with Crippen LogP contribution in [0.2, 0.25) is 0 Å². The molecular weight excluding hydrogens is 270 g/mol. The van der Waals surface area contributed by atoms with Crippen molar-refractivity contribution in [3.63, 3.8) is 0 Å². The lowest BCUT2D eigenvalue weighted by atomic mass is 9.93. The summed E-state index contributed by atoms with van der Waals surface area (Å²) >= 11 is 0. The number of hydrogen-bond acceptors (Lipinski definition) is 7. The highest BCUT2D eigenvalue weighted by molar-refractivity contribution is 5.36. The Bertz CT molecular complexity index is 435. The molecule has 118 valence electrons. The number of nitrogens with one attached hydrogen (secondary N) is 2. The zero-order chi connectivity index (χ0) is 15.1. The highest BCUT2D eigenvalue weighted by Gasteiger charge is 2.20. The number of hydrogen-bond donors (Lipinski definition) is 3. The first-order chi connectivity index (χ1) is 10.2. The molecule has 0 saturated heterocycles. The van der Waals surface area contributed by atoms with Crippen LogP contribution in [0.5, 0.6) is 6.01 Å². The fraction of sp³-hybridized carbons (Fsp3) is 0.786. The van der Waals surface area contributed by atoms with Gasteiger partial charge in [0, 0.05) is 12.6 Å². The average molecular weight is 295 g/mol. The Balaban J connectivity index is 2.03. The predicted octanol–water partition coefficient (Wildman–Crippen LogP) is 1.81. The number of anilines is 2. The summed E-state index contributed by atoms with van der Waals surface area (Å²) in [5.74, 6) is 1.07. The molecule has 2 rings (SSSR count). The topological polar surface area (TPSA) is 92.2 Å². The minimum atomic E-state index is -0.165. The quantitative estimate of drug-likeness (QED) is 0.706. The van der Waals surface area contributed by atoms with Gasteiger partial charge in [0.1, 0.15) is 0 Å². The third-order valence-corrected chi connectivity index (χ3v) is 3.45. The third-order valence-electron chi connectivity index (χ3n) is 3.45. The maximum Gasteiger partial charge on any atom is 0.323 e.